The smallest absolute Gasteiger partial charge is 0.431 e. The molecule has 1 unspecified atom stereocenters. The number of carboxylic acids is 1. The molecule has 2 rings (SSSR count). The second kappa shape index (κ2) is 10.4. The summed E-state index contributed by atoms with van der Waals surface area (Å²) in [6.07, 6.45) is -5.61. The second-order valence-corrected chi connectivity index (χ2v) is 9.49. The standard InChI is InChI=1S/C21H21ClF4N2O6S/c1-5-34-17(30)9-20(10(2)3,18(31)32)35-14-7-13(12(23)6-11(14)22)28-16(29)8-15(21(24,25)26)27(4)19(28)33/h6-8,10H,5,9H2,1-4H3,(H,31,32). The number of aromatic nitrogens is 2. The first kappa shape index (κ1) is 28.4. The van der Waals surface area contributed by atoms with Crippen LogP contribution in [-0.2, 0) is 27.5 Å². The molecule has 0 aliphatic rings. The predicted molar refractivity (Wildman–Crippen MR) is 120 cm³/mol. The quantitative estimate of drug-likeness (QED) is 0.308. The van der Waals surface area contributed by atoms with Crippen LogP contribution >= 0.6 is 23.4 Å². The molecule has 0 bridgehead atoms. The molecule has 0 spiro atoms. The van der Waals surface area contributed by atoms with Gasteiger partial charge >= 0.3 is 23.8 Å². The molecule has 0 aliphatic heterocycles. The summed E-state index contributed by atoms with van der Waals surface area (Å²) in [6.45, 7) is 4.58. The van der Waals surface area contributed by atoms with E-state index < -0.39 is 63.6 Å². The lowest BCUT2D eigenvalue weighted by Crippen LogP contribution is -2.43. The van der Waals surface area contributed by atoms with E-state index >= 15 is 0 Å². The number of alkyl halides is 3. The fraction of sp³-hybridized carbons (Fsp3) is 0.429. The largest absolute Gasteiger partial charge is 0.480 e. The number of esters is 1. The lowest BCUT2D eigenvalue weighted by molar-refractivity contribution is -0.150. The number of hydrogen-bond donors (Lipinski definition) is 1. The first-order valence-electron chi connectivity index (χ1n) is 10.0. The van der Waals surface area contributed by atoms with Crippen LogP contribution in [0.4, 0.5) is 17.6 Å². The van der Waals surface area contributed by atoms with Crippen molar-refractivity contribution >= 4 is 35.3 Å². The van der Waals surface area contributed by atoms with Gasteiger partial charge in [-0.1, -0.05) is 25.4 Å². The molecule has 14 heteroatoms. The monoisotopic (exact) mass is 540 g/mol. The zero-order valence-electron chi connectivity index (χ0n) is 18.9. The van der Waals surface area contributed by atoms with Crippen LogP contribution in [0.2, 0.25) is 5.02 Å². The van der Waals surface area contributed by atoms with E-state index in [9.17, 15) is 41.8 Å². The third kappa shape index (κ3) is 5.72. The Morgan fingerprint density at radius 3 is 2.29 bits per heavy atom. The van der Waals surface area contributed by atoms with Crippen molar-refractivity contribution in [1.29, 1.82) is 0 Å². The molecule has 0 amide bonds. The number of rotatable bonds is 8. The third-order valence-electron chi connectivity index (χ3n) is 5.15. The molecular weight excluding hydrogens is 520 g/mol. The van der Waals surface area contributed by atoms with Crippen molar-refractivity contribution in [2.45, 2.75) is 43.0 Å². The lowest BCUT2D eigenvalue weighted by atomic mass is 9.91. The maximum absolute atomic E-state index is 14.8. The minimum atomic E-state index is -5.02. The number of thioether (sulfide) groups is 1. The Morgan fingerprint density at radius 2 is 1.80 bits per heavy atom. The van der Waals surface area contributed by atoms with Gasteiger partial charge in [-0.2, -0.15) is 13.2 Å². The van der Waals surface area contributed by atoms with E-state index in [0.29, 0.717) is 17.8 Å². The molecule has 1 N–H and O–H groups in total. The number of nitrogens with zero attached hydrogens (tertiary/aromatic N) is 2. The van der Waals surface area contributed by atoms with Crippen LogP contribution in [-0.4, -0.2) is 37.5 Å². The number of ether oxygens (including phenoxy) is 1. The molecule has 1 aromatic carbocycles. The van der Waals surface area contributed by atoms with E-state index in [1.165, 1.54) is 20.8 Å². The molecule has 1 atom stereocenters. The summed E-state index contributed by atoms with van der Waals surface area (Å²) in [7, 11) is 0.762. The molecule has 0 radical (unpaired) electrons. The molecule has 2 aromatic rings. The number of aliphatic carboxylic acids is 1. The number of benzene rings is 1. The minimum Gasteiger partial charge on any atom is -0.480 e. The number of halogens is 5. The summed E-state index contributed by atoms with van der Waals surface area (Å²) in [5.74, 6) is -4.13. The van der Waals surface area contributed by atoms with Gasteiger partial charge in [0.25, 0.3) is 5.56 Å². The van der Waals surface area contributed by atoms with Crippen LogP contribution in [0.15, 0.2) is 32.7 Å². The Kier molecular flexibility index (Phi) is 8.48. The zero-order valence-corrected chi connectivity index (χ0v) is 20.5. The maximum Gasteiger partial charge on any atom is 0.431 e. The van der Waals surface area contributed by atoms with Crippen LogP contribution in [0.5, 0.6) is 0 Å². The van der Waals surface area contributed by atoms with E-state index in [-0.39, 0.29) is 31.7 Å². The van der Waals surface area contributed by atoms with Crippen molar-refractivity contribution < 1.29 is 37.0 Å². The fourth-order valence-electron chi connectivity index (χ4n) is 3.23. The van der Waals surface area contributed by atoms with Crippen molar-refractivity contribution in [3.8, 4) is 5.69 Å². The molecule has 0 saturated carbocycles. The summed E-state index contributed by atoms with van der Waals surface area (Å²) < 4.78 is 57.5. The molecule has 0 fully saturated rings. The van der Waals surface area contributed by atoms with Gasteiger partial charge in [-0.25, -0.2) is 13.8 Å². The van der Waals surface area contributed by atoms with Gasteiger partial charge in [0.05, 0.1) is 23.7 Å². The molecule has 0 aliphatic carbocycles. The highest BCUT2D eigenvalue weighted by molar-refractivity contribution is 8.01. The van der Waals surface area contributed by atoms with E-state index in [4.69, 9.17) is 16.3 Å². The Balaban J connectivity index is 2.75. The Hall–Kier alpha value is -2.80. The summed E-state index contributed by atoms with van der Waals surface area (Å²) in [5.41, 5.74) is -5.22. The highest BCUT2D eigenvalue weighted by atomic mass is 35.5. The van der Waals surface area contributed by atoms with Gasteiger partial charge in [0.15, 0.2) is 0 Å². The molecule has 1 aromatic heterocycles. The fourth-order valence-corrected chi connectivity index (χ4v) is 4.73. The summed E-state index contributed by atoms with van der Waals surface area (Å²) >= 11 is 6.68. The zero-order chi connectivity index (χ0) is 26.9. The van der Waals surface area contributed by atoms with Gasteiger partial charge in [-0.3, -0.25) is 19.0 Å². The first-order valence-corrected chi connectivity index (χ1v) is 11.2. The van der Waals surface area contributed by atoms with Gasteiger partial charge in [0, 0.05) is 18.0 Å². The van der Waals surface area contributed by atoms with Crippen molar-refractivity contribution in [3.63, 3.8) is 0 Å². The average molecular weight is 541 g/mol. The van der Waals surface area contributed by atoms with Gasteiger partial charge in [-0.05, 0) is 25.0 Å². The van der Waals surface area contributed by atoms with Gasteiger partial charge in [0.2, 0.25) is 0 Å². The first-order chi connectivity index (χ1) is 16.1. The molecule has 35 heavy (non-hydrogen) atoms. The third-order valence-corrected chi connectivity index (χ3v) is 7.29. The van der Waals surface area contributed by atoms with Gasteiger partial charge in [-0.15, -0.1) is 11.8 Å². The molecule has 1 heterocycles. The Bertz CT molecular complexity index is 1270. The minimum absolute atomic E-state index is 0.00111. The van der Waals surface area contributed by atoms with Crippen LogP contribution in [0.25, 0.3) is 5.69 Å². The van der Waals surface area contributed by atoms with Crippen LogP contribution in [0, 0.1) is 11.7 Å². The summed E-state index contributed by atoms with van der Waals surface area (Å²) in [4.78, 5) is 49.3. The highest BCUT2D eigenvalue weighted by Gasteiger charge is 2.46. The highest BCUT2D eigenvalue weighted by Crippen LogP contribution is 2.45. The van der Waals surface area contributed by atoms with Crippen molar-refractivity contribution in [3.05, 3.63) is 55.6 Å². The second-order valence-electron chi connectivity index (χ2n) is 7.71. The topological polar surface area (TPSA) is 108 Å². The van der Waals surface area contributed by atoms with Gasteiger partial charge < -0.3 is 9.84 Å². The van der Waals surface area contributed by atoms with E-state index in [1.54, 1.807) is 0 Å². The molecular formula is C21H21ClF4N2O6S. The Morgan fingerprint density at radius 1 is 1.20 bits per heavy atom. The maximum atomic E-state index is 14.8. The van der Waals surface area contributed by atoms with Crippen molar-refractivity contribution in [1.82, 2.24) is 9.13 Å². The molecule has 8 nitrogen and oxygen atoms in total. The van der Waals surface area contributed by atoms with Crippen LogP contribution in [0.3, 0.4) is 0 Å². The number of carboxylic acid groups (broad SMARTS) is 1. The normalized spacial score (nSPS) is 13.5. The van der Waals surface area contributed by atoms with Gasteiger partial charge in [0.1, 0.15) is 16.3 Å². The van der Waals surface area contributed by atoms with E-state index in [2.05, 4.69) is 0 Å². The summed E-state index contributed by atoms with van der Waals surface area (Å²) in [6, 6.07) is 1.71. The predicted octanol–water partition coefficient (Wildman–Crippen LogP) is 3.87. The number of hydrogen-bond acceptors (Lipinski definition) is 6. The molecule has 0 saturated heterocycles. The number of carbonyl (C=O) groups excluding carboxylic acids is 1. The van der Waals surface area contributed by atoms with Crippen molar-refractivity contribution in [2.24, 2.45) is 13.0 Å². The SMILES string of the molecule is CCOC(=O)CC(Sc1cc(-n2c(=O)cc(C(F)(F)F)n(C)c2=O)c(F)cc1Cl)(C(=O)O)C(C)C. The Labute approximate surface area is 205 Å². The average Bonchev–Trinajstić information content (AvgIpc) is 2.72. The van der Waals surface area contributed by atoms with E-state index in [1.807, 2.05) is 0 Å². The van der Waals surface area contributed by atoms with Crippen LogP contribution in [0.1, 0.15) is 32.9 Å². The van der Waals surface area contributed by atoms with Crippen LogP contribution < -0.4 is 11.2 Å². The lowest BCUT2D eigenvalue weighted by Gasteiger charge is -2.32. The number of carbonyl (C=O) groups is 2. The summed E-state index contributed by atoms with van der Waals surface area (Å²) in [5, 5.41) is 9.67. The van der Waals surface area contributed by atoms with Crippen molar-refractivity contribution in [2.75, 3.05) is 6.61 Å². The van der Waals surface area contributed by atoms with E-state index in [0.717, 1.165) is 13.1 Å². The molecule has 192 valence electrons.